The lowest BCUT2D eigenvalue weighted by atomic mass is 9.78. The Morgan fingerprint density at radius 1 is 1.25 bits per heavy atom. The molecule has 2 unspecified atom stereocenters. The second-order valence-corrected chi connectivity index (χ2v) is 10.2. The highest BCUT2D eigenvalue weighted by atomic mass is 32.2. The Morgan fingerprint density at radius 3 is 2.00 bits per heavy atom. The summed E-state index contributed by atoms with van der Waals surface area (Å²) in [4.78, 5) is 12.5. The van der Waals surface area contributed by atoms with Gasteiger partial charge in [-0.2, -0.15) is 0 Å². The van der Waals surface area contributed by atoms with Gasteiger partial charge in [-0.25, -0.2) is 8.42 Å². The topological polar surface area (TPSA) is 60.4 Å². The van der Waals surface area contributed by atoms with Gasteiger partial charge < -0.3 is 4.74 Å². The van der Waals surface area contributed by atoms with Gasteiger partial charge in [0, 0.05) is 6.26 Å². The Kier molecular flexibility index (Phi) is 4.37. The Labute approximate surface area is 123 Å². The predicted molar refractivity (Wildman–Crippen MR) is 80.1 cm³/mol. The maximum absolute atomic E-state index is 12.5. The molecule has 1 rings (SSSR count). The van der Waals surface area contributed by atoms with Gasteiger partial charge in [-0.1, -0.05) is 41.5 Å². The third kappa shape index (κ3) is 3.35. The van der Waals surface area contributed by atoms with Crippen molar-refractivity contribution >= 4 is 15.8 Å². The highest BCUT2D eigenvalue weighted by molar-refractivity contribution is 7.90. The lowest BCUT2D eigenvalue weighted by Gasteiger charge is -2.27. The zero-order valence-electron chi connectivity index (χ0n) is 13.7. The maximum Gasteiger partial charge on any atom is 0.312 e. The predicted octanol–water partition coefficient (Wildman–Crippen LogP) is 2.67. The van der Waals surface area contributed by atoms with Crippen molar-refractivity contribution in [3.8, 4) is 0 Å². The molecule has 0 heterocycles. The van der Waals surface area contributed by atoms with E-state index in [0.29, 0.717) is 0 Å². The van der Waals surface area contributed by atoms with Crippen molar-refractivity contribution < 1.29 is 17.9 Å². The molecule has 1 fully saturated rings. The second kappa shape index (κ2) is 5.00. The van der Waals surface area contributed by atoms with Gasteiger partial charge in [0.1, 0.15) is 6.61 Å². The van der Waals surface area contributed by atoms with Gasteiger partial charge in [-0.15, -0.1) is 0 Å². The van der Waals surface area contributed by atoms with Gasteiger partial charge in [0.15, 0.2) is 9.84 Å². The Balaban J connectivity index is 2.80. The molecular weight excluding hydrogens is 276 g/mol. The first-order valence-electron chi connectivity index (χ1n) is 7.09. The summed E-state index contributed by atoms with van der Waals surface area (Å²) in [6.07, 6.45) is 1.90. The molecule has 0 aromatic carbocycles. The van der Waals surface area contributed by atoms with Crippen LogP contribution in [0, 0.1) is 22.2 Å². The molecule has 4 nitrogen and oxygen atoms in total. The summed E-state index contributed by atoms with van der Waals surface area (Å²) < 4.78 is 27.5. The summed E-state index contributed by atoms with van der Waals surface area (Å²) in [5.41, 5.74) is -0.552. The second-order valence-electron chi connectivity index (χ2n) is 7.92. The Hall–Kier alpha value is -0.580. The number of sulfone groups is 1. The van der Waals surface area contributed by atoms with E-state index < -0.39 is 15.3 Å². The largest absolute Gasteiger partial charge is 0.464 e. The molecule has 0 bridgehead atoms. The lowest BCUT2D eigenvalue weighted by molar-refractivity contribution is -0.153. The number of esters is 1. The fraction of sp³-hybridized carbons (Fsp3) is 0.933. The van der Waals surface area contributed by atoms with Crippen molar-refractivity contribution in [2.75, 3.05) is 18.6 Å². The van der Waals surface area contributed by atoms with E-state index in [-0.39, 0.29) is 35.1 Å². The van der Waals surface area contributed by atoms with Crippen LogP contribution < -0.4 is 0 Å². The number of carbonyl (C=O) groups excluding carboxylic acids is 1. The SMILES string of the molecule is CC1C(C)(C)C1(CC(C)(C)C)C(=O)OCCS(C)(=O)=O. The first kappa shape index (κ1) is 17.5. The molecule has 2 atom stereocenters. The minimum Gasteiger partial charge on any atom is -0.464 e. The minimum absolute atomic E-state index is 0.0257. The standard InChI is InChI=1S/C15H28O4S/c1-11-14(5,6)15(11,10-13(2,3)4)12(16)19-8-9-20(7,17)18/h11H,8-10H2,1-7H3. The molecule has 1 aliphatic carbocycles. The average molecular weight is 304 g/mol. The molecule has 1 saturated carbocycles. The van der Waals surface area contributed by atoms with E-state index in [0.717, 1.165) is 12.7 Å². The number of ether oxygens (including phenoxy) is 1. The van der Waals surface area contributed by atoms with E-state index in [1.54, 1.807) is 0 Å². The molecule has 0 aromatic heterocycles. The zero-order valence-corrected chi connectivity index (χ0v) is 14.6. The van der Waals surface area contributed by atoms with Crippen LogP contribution in [0.5, 0.6) is 0 Å². The van der Waals surface area contributed by atoms with Crippen molar-refractivity contribution in [1.29, 1.82) is 0 Å². The molecule has 0 saturated heterocycles. The number of carbonyl (C=O) groups is 1. The maximum atomic E-state index is 12.5. The fourth-order valence-electron chi connectivity index (χ4n) is 3.27. The molecule has 118 valence electrons. The quantitative estimate of drug-likeness (QED) is 0.733. The van der Waals surface area contributed by atoms with Gasteiger partial charge in [0.2, 0.25) is 0 Å². The summed E-state index contributed by atoms with van der Waals surface area (Å²) in [5.74, 6) is -0.104. The van der Waals surface area contributed by atoms with Crippen LogP contribution >= 0.6 is 0 Å². The Bertz CT molecular complexity index is 484. The van der Waals surface area contributed by atoms with Gasteiger partial charge >= 0.3 is 5.97 Å². The van der Waals surface area contributed by atoms with Crippen molar-refractivity contribution in [2.45, 2.75) is 48.0 Å². The summed E-state index contributed by atoms with van der Waals surface area (Å²) in [7, 11) is -3.10. The molecule has 0 spiro atoms. The monoisotopic (exact) mass is 304 g/mol. The van der Waals surface area contributed by atoms with Crippen molar-refractivity contribution in [2.24, 2.45) is 22.2 Å². The molecule has 1 aliphatic rings. The Morgan fingerprint density at radius 2 is 1.70 bits per heavy atom. The van der Waals surface area contributed by atoms with Gasteiger partial charge in [-0.05, 0) is 23.2 Å². The van der Waals surface area contributed by atoms with Crippen molar-refractivity contribution in [3.63, 3.8) is 0 Å². The number of hydrogen-bond donors (Lipinski definition) is 0. The highest BCUT2D eigenvalue weighted by Crippen LogP contribution is 2.72. The van der Waals surface area contributed by atoms with Crippen LogP contribution in [0.4, 0.5) is 0 Å². The van der Waals surface area contributed by atoms with Crippen LogP contribution in [0.15, 0.2) is 0 Å². The summed E-state index contributed by atoms with van der Waals surface area (Å²) in [6, 6.07) is 0. The van der Waals surface area contributed by atoms with Crippen LogP contribution in [-0.4, -0.2) is 33.0 Å². The van der Waals surface area contributed by atoms with Gasteiger partial charge in [-0.3, -0.25) is 4.79 Å². The van der Waals surface area contributed by atoms with Crippen LogP contribution in [0.3, 0.4) is 0 Å². The van der Waals surface area contributed by atoms with Crippen molar-refractivity contribution in [3.05, 3.63) is 0 Å². The molecular formula is C15H28O4S. The first-order valence-corrected chi connectivity index (χ1v) is 9.15. The van der Waals surface area contributed by atoms with E-state index in [9.17, 15) is 13.2 Å². The molecule has 0 aromatic rings. The van der Waals surface area contributed by atoms with Crippen LogP contribution in [0.1, 0.15) is 48.0 Å². The van der Waals surface area contributed by atoms with Crippen molar-refractivity contribution in [1.82, 2.24) is 0 Å². The van der Waals surface area contributed by atoms with E-state index in [4.69, 9.17) is 4.74 Å². The third-order valence-electron chi connectivity index (χ3n) is 4.75. The minimum atomic E-state index is -3.10. The fourth-order valence-corrected chi connectivity index (χ4v) is 3.66. The number of rotatable bonds is 5. The molecule has 0 N–H and O–H groups in total. The molecule has 20 heavy (non-hydrogen) atoms. The lowest BCUT2D eigenvalue weighted by Crippen LogP contribution is -2.30. The highest BCUT2D eigenvalue weighted by Gasteiger charge is 2.74. The van der Waals surface area contributed by atoms with E-state index in [2.05, 4.69) is 41.5 Å². The third-order valence-corrected chi connectivity index (χ3v) is 5.66. The normalized spacial score (nSPS) is 29.1. The van der Waals surface area contributed by atoms with Crippen LogP contribution in [0.2, 0.25) is 0 Å². The van der Waals surface area contributed by atoms with Gasteiger partial charge in [0.05, 0.1) is 11.2 Å². The van der Waals surface area contributed by atoms with Gasteiger partial charge in [0.25, 0.3) is 0 Å². The van der Waals surface area contributed by atoms with Crippen LogP contribution in [0.25, 0.3) is 0 Å². The van der Waals surface area contributed by atoms with E-state index in [1.165, 1.54) is 0 Å². The molecule has 5 heteroatoms. The summed E-state index contributed by atoms with van der Waals surface area (Å²) >= 11 is 0. The summed E-state index contributed by atoms with van der Waals surface area (Å²) in [5, 5.41) is 0. The summed E-state index contributed by atoms with van der Waals surface area (Å²) in [6.45, 7) is 12.5. The van der Waals surface area contributed by atoms with Crippen LogP contribution in [-0.2, 0) is 19.4 Å². The smallest absolute Gasteiger partial charge is 0.312 e. The van der Waals surface area contributed by atoms with E-state index in [1.807, 2.05) is 0 Å². The average Bonchev–Trinajstić information content (AvgIpc) is 2.60. The molecule has 0 radical (unpaired) electrons. The first-order chi connectivity index (χ1) is 8.74. The number of hydrogen-bond acceptors (Lipinski definition) is 4. The zero-order chi connectivity index (χ0) is 16.0. The molecule has 0 amide bonds. The molecule has 0 aliphatic heterocycles. The van der Waals surface area contributed by atoms with E-state index >= 15 is 0 Å².